The minimum Gasteiger partial charge on any atom is -0.395 e. The van der Waals surface area contributed by atoms with E-state index in [9.17, 15) is 26.4 Å². The first-order valence-electron chi connectivity index (χ1n) is 6.21. The van der Waals surface area contributed by atoms with Crippen LogP contribution in [0.2, 0.25) is 0 Å². The van der Waals surface area contributed by atoms with Crippen molar-refractivity contribution < 1.29 is 35.7 Å². The third-order valence-electron chi connectivity index (χ3n) is 2.81. The molecule has 1 unspecified atom stereocenters. The van der Waals surface area contributed by atoms with Gasteiger partial charge in [-0.1, -0.05) is 12.1 Å². The summed E-state index contributed by atoms with van der Waals surface area (Å²) in [6.07, 6.45) is 0. The molecule has 0 saturated heterocycles. The summed E-state index contributed by atoms with van der Waals surface area (Å²) in [5.74, 6) is -1.08. The Morgan fingerprint density at radius 3 is 2.30 bits per heavy atom. The Morgan fingerprint density at radius 2 is 1.87 bits per heavy atom. The molecule has 0 heterocycles. The van der Waals surface area contributed by atoms with Crippen molar-refractivity contribution in [3.8, 4) is 5.75 Å². The molecule has 0 fully saturated rings. The molecule has 3 N–H and O–H groups in total. The molecular formula is C12H15F3N2O5S. The molecule has 130 valence electrons. The lowest BCUT2D eigenvalue weighted by Crippen LogP contribution is -2.37. The molecular weight excluding hydrogens is 341 g/mol. The van der Waals surface area contributed by atoms with Crippen molar-refractivity contribution in [2.75, 3.05) is 20.2 Å². The van der Waals surface area contributed by atoms with E-state index in [0.717, 1.165) is 12.1 Å². The summed E-state index contributed by atoms with van der Waals surface area (Å²) in [5.41, 5.74) is 0.415. The zero-order valence-corrected chi connectivity index (χ0v) is 12.8. The van der Waals surface area contributed by atoms with E-state index in [0.29, 0.717) is 0 Å². The number of nitrogens with zero attached hydrogens (tertiary/aromatic N) is 1. The third-order valence-corrected chi connectivity index (χ3v) is 3.79. The first-order valence-corrected chi connectivity index (χ1v) is 7.62. The molecule has 0 saturated carbocycles. The van der Waals surface area contributed by atoms with Crippen LogP contribution >= 0.6 is 0 Å². The second-order valence-corrected chi connectivity index (χ2v) is 6.05. The maximum atomic E-state index is 12.2. The molecule has 1 aromatic carbocycles. The van der Waals surface area contributed by atoms with Crippen LogP contribution in [-0.4, -0.2) is 50.0 Å². The van der Waals surface area contributed by atoms with Gasteiger partial charge in [0.2, 0.25) is 5.91 Å². The quantitative estimate of drug-likeness (QED) is 0.563. The van der Waals surface area contributed by atoms with Gasteiger partial charge in [-0.25, -0.2) is 0 Å². The molecule has 1 atom stereocenters. The molecule has 0 radical (unpaired) electrons. The van der Waals surface area contributed by atoms with E-state index < -0.39 is 33.3 Å². The van der Waals surface area contributed by atoms with Gasteiger partial charge in [-0.2, -0.15) is 21.6 Å². The number of alkyl halides is 3. The van der Waals surface area contributed by atoms with Crippen molar-refractivity contribution in [1.29, 1.82) is 0 Å². The molecule has 0 spiro atoms. The number of carbonyl (C=O) groups is 1. The van der Waals surface area contributed by atoms with Crippen LogP contribution in [0.15, 0.2) is 24.3 Å². The van der Waals surface area contributed by atoms with Gasteiger partial charge in [0.15, 0.2) is 0 Å². The van der Waals surface area contributed by atoms with Gasteiger partial charge in [0.1, 0.15) is 11.8 Å². The summed E-state index contributed by atoms with van der Waals surface area (Å²) in [5, 5.41) is 8.75. The highest BCUT2D eigenvalue weighted by atomic mass is 32.2. The number of amides is 1. The number of carbonyl (C=O) groups excluding carboxylic acids is 1. The van der Waals surface area contributed by atoms with Crippen LogP contribution in [0.5, 0.6) is 5.75 Å². The number of nitrogens with two attached hydrogens (primary N) is 1. The van der Waals surface area contributed by atoms with Crippen LogP contribution in [-0.2, 0) is 14.9 Å². The van der Waals surface area contributed by atoms with Gasteiger partial charge in [0.25, 0.3) is 0 Å². The van der Waals surface area contributed by atoms with Gasteiger partial charge in [-0.05, 0) is 17.7 Å². The van der Waals surface area contributed by atoms with Crippen molar-refractivity contribution in [2.45, 2.75) is 11.6 Å². The number of benzene rings is 1. The number of aliphatic hydroxyl groups excluding tert-OH is 1. The standard InChI is InChI=1S/C12H15F3N2O5S/c1-17(6-7-18)11(19)10(16)8-2-4-9(5-3-8)22-23(20,21)12(13,14)15/h2-5,10,18H,6-7,16H2,1H3. The second-order valence-electron chi connectivity index (χ2n) is 4.51. The Balaban J connectivity index is 2.87. The summed E-state index contributed by atoms with van der Waals surface area (Å²) in [7, 11) is -4.33. The van der Waals surface area contributed by atoms with Crippen molar-refractivity contribution in [1.82, 2.24) is 4.90 Å². The SMILES string of the molecule is CN(CCO)C(=O)C(N)c1ccc(OS(=O)(=O)C(F)(F)F)cc1. The Hall–Kier alpha value is -1.85. The number of aliphatic hydroxyl groups is 1. The Bertz CT molecular complexity index is 646. The van der Waals surface area contributed by atoms with Crippen LogP contribution < -0.4 is 9.92 Å². The normalized spacial score (nSPS) is 13.5. The van der Waals surface area contributed by atoms with Gasteiger partial charge in [-0.15, -0.1) is 0 Å². The van der Waals surface area contributed by atoms with Gasteiger partial charge in [0, 0.05) is 13.6 Å². The molecule has 0 aromatic heterocycles. The predicted octanol–water partition coefficient (Wildman–Crippen LogP) is 0.366. The monoisotopic (exact) mass is 356 g/mol. The Kier molecular flexibility index (Phi) is 5.97. The van der Waals surface area contributed by atoms with E-state index in [1.165, 1.54) is 24.1 Å². The number of hydrogen-bond acceptors (Lipinski definition) is 6. The van der Waals surface area contributed by atoms with Gasteiger partial charge in [0.05, 0.1) is 6.61 Å². The van der Waals surface area contributed by atoms with Gasteiger partial charge >= 0.3 is 15.6 Å². The second kappa shape index (κ2) is 7.15. The Labute approximate surface area is 130 Å². The first-order chi connectivity index (χ1) is 10.5. The van der Waals surface area contributed by atoms with E-state index in [2.05, 4.69) is 4.18 Å². The molecule has 0 bridgehead atoms. The summed E-state index contributed by atoms with van der Waals surface area (Å²) >= 11 is 0. The maximum absolute atomic E-state index is 12.2. The van der Waals surface area contributed by atoms with Gasteiger partial charge < -0.3 is 19.9 Å². The highest BCUT2D eigenvalue weighted by Crippen LogP contribution is 2.27. The third kappa shape index (κ3) is 4.81. The van der Waals surface area contributed by atoms with Crippen molar-refractivity contribution in [3.05, 3.63) is 29.8 Å². The van der Waals surface area contributed by atoms with Crippen molar-refractivity contribution >= 4 is 16.0 Å². The molecule has 1 amide bonds. The topological polar surface area (TPSA) is 110 Å². The molecule has 11 heteroatoms. The minimum atomic E-state index is -5.76. The molecule has 23 heavy (non-hydrogen) atoms. The smallest absolute Gasteiger partial charge is 0.395 e. The molecule has 1 rings (SSSR count). The van der Waals surface area contributed by atoms with Crippen LogP contribution in [0.4, 0.5) is 13.2 Å². The Morgan fingerprint density at radius 1 is 1.35 bits per heavy atom. The highest BCUT2D eigenvalue weighted by Gasteiger charge is 2.48. The predicted molar refractivity (Wildman–Crippen MR) is 73.7 cm³/mol. The zero-order valence-electron chi connectivity index (χ0n) is 11.9. The lowest BCUT2D eigenvalue weighted by Gasteiger charge is -2.20. The summed E-state index contributed by atoms with van der Waals surface area (Å²) < 4.78 is 62.2. The van der Waals surface area contributed by atoms with Crippen LogP contribution in [0.25, 0.3) is 0 Å². The number of hydrogen-bond donors (Lipinski definition) is 2. The average molecular weight is 356 g/mol. The van der Waals surface area contributed by atoms with Gasteiger partial charge in [-0.3, -0.25) is 4.79 Å². The summed E-state index contributed by atoms with van der Waals surface area (Å²) in [6, 6.07) is 3.16. The molecule has 0 aliphatic carbocycles. The first kappa shape index (κ1) is 19.2. The van der Waals surface area contributed by atoms with E-state index in [1.807, 2.05) is 0 Å². The van der Waals surface area contributed by atoms with Crippen LogP contribution in [0.1, 0.15) is 11.6 Å². The fourth-order valence-electron chi connectivity index (χ4n) is 1.54. The molecule has 0 aliphatic rings. The summed E-state index contributed by atoms with van der Waals surface area (Å²) in [4.78, 5) is 13.1. The molecule has 0 aliphatic heterocycles. The lowest BCUT2D eigenvalue weighted by molar-refractivity contribution is -0.131. The van der Waals surface area contributed by atoms with Crippen molar-refractivity contribution in [2.24, 2.45) is 5.73 Å². The number of likely N-dealkylation sites (N-methyl/N-ethyl adjacent to an activating group) is 1. The number of halogens is 3. The highest BCUT2D eigenvalue weighted by molar-refractivity contribution is 7.87. The average Bonchev–Trinajstić information content (AvgIpc) is 2.45. The van der Waals surface area contributed by atoms with E-state index in [-0.39, 0.29) is 18.7 Å². The zero-order chi connectivity index (χ0) is 17.8. The van der Waals surface area contributed by atoms with Crippen LogP contribution in [0.3, 0.4) is 0 Å². The van der Waals surface area contributed by atoms with E-state index >= 15 is 0 Å². The molecule has 1 aromatic rings. The maximum Gasteiger partial charge on any atom is 0.534 e. The summed E-state index contributed by atoms with van der Waals surface area (Å²) in [6.45, 7) is -0.186. The van der Waals surface area contributed by atoms with Crippen LogP contribution in [0, 0.1) is 0 Å². The number of rotatable bonds is 6. The minimum absolute atomic E-state index is 0.0670. The van der Waals surface area contributed by atoms with Crippen molar-refractivity contribution in [3.63, 3.8) is 0 Å². The largest absolute Gasteiger partial charge is 0.534 e. The van der Waals surface area contributed by atoms with E-state index in [4.69, 9.17) is 10.8 Å². The fourth-order valence-corrected chi connectivity index (χ4v) is 2.00. The molecule has 7 nitrogen and oxygen atoms in total. The fraction of sp³-hybridized carbons (Fsp3) is 0.417. The van der Waals surface area contributed by atoms with E-state index in [1.54, 1.807) is 0 Å². The lowest BCUT2D eigenvalue weighted by atomic mass is 10.1.